The van der Waals surface area contributed by atoms with Gasteiger partial charge in [0.25, 0.3) is 0 Å². The summed E-state index contributed by atoms with van der Waals surface area (Å²) in [6, 6.07) is 4.07. The van der Waals surface area contributed by atoms with Crippen molar-refractivity contribution in [2.45, 2.75) is 43.9 Å². The van der Waals surface area contributed by atoms with Crippen LogP contribution in [0.2, 0.25) is 0 Å². The van der Waals surface area contributed by atoms with Crippen molar-refractivity contribution in [3.05, 3.63) is 42.0 Å². The van der Waals surface area contributed by atoms with Gasteiger partial charge < -0.3 is 29.5 Å². The van der Waals surface area contributed by atoms with Crippen molar-refractivity contribution >= 4 is 18.0 Å². The van der Waals surface area contributed by atoms with E-state index in [1.807, 2.05) is 0 Å². The number of phenols is 2. The molecule has 1 spiro atoms. The van der Waals surface area contributed by atoms with Gasteiger partial charge in [0.15, 0.2) is 17.1 Å². The SMILES string of the molecule is CC1(C)OC(=O)[C@@]2(C=C[C@@H](OC(=O)/C=C/c3ccc(O)c(O)c3)[C@H](O)C2)O1. The van der Waals surface area contributed by atoms with E-state index in [0.717, 1.165) is 6.08 Å². The topological polar surface area (TPSA) is 123 Å². The van der Waals surface area contributed by atoms with Gasteiger partial charge in [0.1, 0.15) is 6.10 Å². The number of aromatic hydroxyl groups is 2. The van der Waals surface area contributed by atoms with Crippen LogP contribution < -0.4 is 0 Å². The summed E-state index contributed by atoms with van der Waals surface area (Å²) in [5.41, 5.74) is -0.907. The first-order valence-corrected chi connectivity index (χ1v) is 8.32. The van der Waals surface area contributed by atoms with Gasteiger partial charge >= 0.3 is 11.9 Å². The summed E-state index contributed by atoms with van der Waals surface area (Å²) in [5, 5.41) is 29.0. The summed E-state index contributed by atoms with van der Waals surface area (Å²) in [6.45, 7) is 3.19. The maximum atomic E-state index is 12.1. The summed E-state index contributed by atoms with van der Waals surface area (Å²) >= 11 is 0. The first kappa shape index (κ1) is 18.9. The number of esters is 2. The molecule has 0 aromatic heterocycles. The molecule has 1 heterocycles. The lowest BCUT2D eigenvalue weighted by atomic mass is 9.87. The van der Waals surface area contributed by atoms with Crippen LogP contribution >= 0.6 is 0 Å². The molecule has 0 amide bonds. The molecule has 1 saturated heterocycles. The summed E-state index contributed by atoms with van der Waals surface area (Å²) in [5.74, 6) is -2.99. The lowest BCUT2D eigenvalue weighted by Gasteiger charge is -2.32. The molecule has 1 aliphatic carbocycles. The van der Waals surface area contributed by atoms with E-state index >= 15 is 0 Å². The second-order valence-corrected chi connectivity index (χ2v) is 6.89. The molecule has 8 nitrogen and oxygen atoms in total. The minimum atomic E-state index is -1.38. The Morgan fingerprint density at radius 3 is 2.63 bits per heavy atom. The van der Waals surface area contributed by atoms with Crippen molar-refractivity contribution in [1.29, 1.82) is 0 Å². The maximum Gasteiger partial charge on any atom is 0.345 e. The van der Waals surface area contributed by atoms with Crippen LogP contribution in [0.1, 0.15) is 25.8 Å². The molecular weight excluding hydrogens is 356 g/mol. The number of phenolic OH excluding ortho intramolecular Hbond substituents is 2. The molecule has 3 N–H and O–H groups in total. The van der Waals surface area contributed by atoms with Gasteiger partial charge in [0.2, 0.25) is 5.79 Å². The molecule has 2 aliphatic rings. The third kappa shape index (κ3) is 3.96. The fourth-order valence-corrected chi connectivity index (χ4v) is 3.01. The summed E-state index contributed by atoms with van der Waals surface area (Å²) in [4.78, 5) is 24.1. The average Bonchev–Trinajstić information content (AvgIpc) is 2.79. The first-order chi connectivity index (χ1) is 12.6. The Kier molecular flexibility index (Phi) is 4.71. The Hall–Kier alpha value is -2.84. The van der Waals surface area contributed by atoms with Crippen molar-refractivity contribution in [3.63, 3.8) is 0 Å². The molecule has 1 fully saturated rings. The van der Waals surface area contributed by atoms with Gasteiger partial charge in [-0.1, -0.05) is 6.07 Å². The molecule has 0 bridgehead atoms. The highest BCUT2D eigenvalue weighted by atomic mass is 16.8. The van der Waals surface area contributed by atoms with Gasteiger partial charge in [-0.2, -0.15) is 0 Å². The van der Waals surface area contributed by atoms with Crippen LogP contribution in [-0.4, -0.2) is 50.9 Å². The second kappa shape index (κ2) is 6.71. The zero-order chi connectivity index (χ0) is 19.8. The number of carbonyl (C=O) groups is 2. The fraction of sp³-hybridized carbons (Fsp3) is 0.368. The average molecular weight is 376 g/mol. The van der Waals surface area contributed by atoms with Crippen molar-refractivity contribution in [2.75, 3.05) is 0 Å². The number of rotatable bonds is 3. The molecule has 1 aliphatic heterocycles. The van der Waals surface area contributed by atoms with Gasteiger partial charge in [-0.25, -0.2) is 9.59 Å². The molecule has 1 aromatic carbocycles. The van der Waals surface area contributed by atoms with E-state index in [1.165, 1.54) is 36.4 Å². The molecule has 0 saturated carbocycles. The zero-order valence-corrected chi connectivity index (χ0v) is 14.8. The third-order valence-electron chi connectivity index (χ3n) is 4.22. The summed E-state index contributed by atoms with van der Waals surface area (Å²) in [6.07, 6.45) is 3.17. The van der Waals surface area contributed by atoms with E-state index in [9.17, 15) is 24.9 Å². The van der Waals surface area contributed by atoms with E-state index in [4.69, 9.17) is 14.2 Å². The highest BCUT2D eigenvalue weighted by Crippen LogP contribution is 2.39. The minimum absolute atomic E-state index is 0.0980. The predicted octanol–water partition coefficient (Wildman–Crippen LogP) is 1.39. The lowest BCUT2D eigenvalue weighted by Crippen LogP contribution is -2.46. The molecule has 0 radical (unpaired) electrons. The highest BCUT2D eigenvalue weighted by molar-refractivity contribution is 5.88. The third-order valence-corrected chi connectivity index (χ3v) is 4.22. The zero-order valence-electron chi connectivity index (χ0n) is 14.8. The largest absolute Gasteiger partial charge is 0.504 e. The van der Waals surface area contributed by atoms with Crippen LogP contribution in [0.4, 0.5) is 0 Å². The normalized spacial score (nSPS) is 29.2. The Labute approximate surface area is 155 Å². The van der Waals surface area contributed by atoms with Crippen LogP contribution in [0.25, 0.3) is 6.08 Å². The van der Waals surface area contributed by atoms with Crippen molar-refractivity contribution in [3.8, 4) is 11.5 Å². The van der Waals surface area contributed by atoms with E-state index < -0.39 is 35.5 Å². The van der Waals surface area contributed by atoms with Crippen molar-refractivity contribution in [2.24, 2.45) is 0 Å². The van der Waals surface area contributed by atoms with Gasteiger partial charge in [-0.3, -0.25) is 0 Å². The highest BCUT2D eigenvalue weighted by Gasteiger charge is 2.55. The fourth-order valence-electron chi connectivity index (χ4n) is 3.01. The number of cyclic esters (lactones) is 1. The second-order valence-electron chi connectivity index (χ2n) is 6.89. The Bertz CT molecular complexity index is 825. The van der Waals surface area contributed by atoms with Crippen molar-refractivity contribution in [1.82, 2.24) is 0 Å². The van der Waals surface area contributed by atoms with E-state index in [0.29, 0.717) is 5.56 Å². The van der Waals surface area contributed by atoms with E-state index in [-0.39, 0.29) is 17.9 Å². The molecule has 3 rings (SSSR count). The molecule has 3 atom stereocenters. The van der Waals surface area contributed by atoms with Gasteiger partial charge in [-0.05, 0) is 35.9 Å². The van der Waals surface area contributed by atoms with Gasteiger partial charge in [0, 0.05) is 26.3 Å². The predicted molar refractivity (Wildman–Crippen MR) is 92.4 cm³/mol. The Morgan fingerprint density at radius 2 is 2.04 bits per heavy atom. The van der Waals surface area contributed by atoms with Crippen LogP contribution in [-0.2, 0) is 23.8 Å². The molecule has 0 unspecified atom stereocenters. The lowest BCUT2D eigenvalue weighted by molar-refractivity contribution is -0.168. The first-order valence-electron chi connectivity index (χ1n) is 8.32. The summed E-state index contributed by atoms with van der Waals surface area (Å²) in [7, 11) is 0. The molecule has 8 heteroatoms. The van der Waals surface area contributed by atoms with E-state index in [2.05, 4.69) is 0 Å². The Balaban J connectivity index is 1.65. The standard InChI is InChI=1S/C19H20O8/c1-18(2)26-17(24)19(27-18)8-7-15(14(22)10-19)25-16(23)6-4-11-3-5-12(20)13(21)9-11/h3-9,14-15,20-22H,10H2,1-2H3/b6-4+/t14-,15-,19+/m1/s1. The molecule has 1 aromatic rings. The molecular formula is C19H20O8. The Morgan fingerprint density at radius 1 is 1.30 bits per heavy atom. The number of hydrogen-bond acceptors (Lipinski definition) is 8. The maximum absolute atomic E-state index is 12.1. The number of carbonyl (C=O) groups excluding carboxylic acids is 2. The summed E-state index contributed by atoms with van der Waals surface area (Å²) < 4.78 is 15.9. The van der Waals surface area contributed by atoms with Crippen LogP contribution in [0.5, 0.6) is 11.5 Å². The van der Waals surface area contributed by atoms with E-state index in [1.54, 1.807) is 13.8 Å². The van der Waals surface area contributed by atoms with Gasteiger partial charge in [0.05, 0.1) is 6.10 Å². The number of aliphatic hydroxyl groups excluding tert-OH is 1. The number of aliphatic hydroxyl groups is 1. The monoisotopic (exact) mass is 376 g/mol. The van der Waals surface area contributed by atoms with Gasteiger partial charge in [-0.15, -0.1) is 0 Å². The molecule has 27 heavy (non-hydrogen) atoms. The quantitative estimate of drug-likeness (QED) is 0.313. The molecule has 144 valence electrons. The smallest absolute Gasteiger partial charge is 0.345 e. The number of benzene rings is 1. The minimum Gasteiger partial charge on any atom is -0.504 e. The number of ether oxygens (including phenoxy) is 3. The number of hydrogen-bond donors (Lipinski definition) is 3. The van der Waals surface area contributed by atoms with Crippen molar-refractivity contribution < 1.29 is 39.1 Å². The van der Waals surface area contributed by atoms with Crippen LogP contribution in [0.3, 0.4) is 0 Å². The van der Waals surface area contributed by atoms with Crippen LogP contribution in [0, 0.1) is 0 Å². The van der Waals surface area contributed by atoms with Crippen LogP contribution in [0.15, 0.2) is 36.4 Å².